The number of hydrogen-bond acceptors (Lipinski definition) is 6. The molecular weight excluding hydrogens is 545 g/mol. The van der Waals surface area contributed by atoms with Gasteiger partial charge in [0.15, 0.2) is 0 Å². The predicted molar refractivity (Wildman–Crippen MR) is 163 cm³/mol. The van der Waals surface area contributed by atoms with Crippen molar-refractivity contribution in [2.24, 2.45) is 5.41 Å². The first-order valence-electron chi connectivity index (χ1n) is 14.4. The van der Waals surface area contributed by atoms with Gasteiger partial charge in [-0.25, -0.2) is 4.39 Å². The van der Waals surface area contributed by atoms with E-state index in [4.69, 9.17) is 9.47 Å². The van der Waals surface area contributed by atoms with Crippen LogP contribution in [0.4, 0.5) is 15.8 Å². The number of anilines is 2. The number of aromatic hydroxyl groups is 1. The lowest BCUT2D eigenvalue weighted by molar-refractivity contribution is 0.0756. The van der Waals surface area contributed by atoms with E-state index in [-0.39, 0.29) is 29.0 Å². The maximum absolute atomic E-state index is 16.2. The summed E-state index contributed by atoms with van der Waals surface area (Å²) in [7, 11) is 0. The minimum absolute atomic E-state index is 0.0356. The molecule has 1 aromatic heterocycles. The molecule has 0 bridgehead atoms. The van der Waals surface area contributed by atoms with E-state index in [1.807, 2.05) is 43.3 Å². The van der Waals surface area contributed by atoms with Gasteiger partial charge in [0.1, 0.15) is 47.1 Å². The average Bonchev–Trinajstić information content (AvgIpc) is 3.14. The van der Waals surface area contributed by atoms with Crippen molar-refractivity contribution in [3.05, 3.63) is 125 Å². The summed E-state index contributed by atoms with van der Waals surface area (Å²) in [6, 6.07) is 21.9. The van der Waals surface area contributed by atoms with Gasteiger partial charge in [-0.05, 0) is 60.4 Å². The second-order valence-electron chi connectivity index (χ2n) is 11.7. The standard InChI is InChI=1S/C35H34FN3O4/c1-4-22-15-16-37-27(17-22)34(41)39-29-11-8-12-30(40)31(29)38-28-19-35(2,3)21-43-33(28)32(39)25-14-13-24(18-26(25)36)42-20-23-9-6-5-7-10-23/h5-18,32,38,40H,4,19-21H2,1-3H3. The lowest BCUT2D eigenvalue weighted by Gasteiger charge is -2.38. The highest BCUT2D eigenvalue weighted by atomic mass is 19.1. The van der Waals surface area contributed by atoms with Crippen LogP contribution < -0.4 is 15.0 Å². The van der Waals surface area contributed by atoms with Crippen LogP contribution in [0.2, 0.25) is 0 Å². The maximum atomic E-state index is 16.2. The second-order valence-corrected chi connectivity index (χ2v) is 11.7. The monoisotopic (exact) mass is 579 g/mol. The Bertz CT molecular complexity index is 1700. The number of benzene rings is 3. The molecule has 2 N–H and O–H groups in total. The molecule has 1 atom stereocenters. The highest BCUT2D eigenvalue weighted by Gasteiger charge is 2.43. The van der Waals surface area contributed by atoms with E-state index in [0.29, 0.717) is 41.6 Å². The van der Waals surface area contributed by atoms with E-state index in [1.165, 1.54) is 11.0 Å². The number of nitrogens with one attached hydrogen (secondary N) is 1. The number of ether oxygens (including phenoxy) is 2. The molecule has 0 fully saturated rings. The number of rotatable bonds is 6. The Balaban J connectivity index is 1.50. The fourth-order valence-corrected chi connectivity index (χ4v) is 5.59. The van der Waals surface area contributed by atoms with E-state index < -0.39 is 17.8 Å². The number of para-hydroxylation sites is 1. The van der Waals surface area contributed by atoms with Crippen molar-refractivity contribution in [3.63, 3.8) is 0 Å². The van der Waals surface area contributed by atoms with Gasteiger partial charge in [-0.3, -0.25) is 14.7 Å². The summed E-state index contributed by atoms with van der Waals surface area (Å²) in [6.45, 7) is 6.81. The van der Waals surface area contributed by atoms with Gasteiger partial charge in [0.05, 0.1) is 18.0 Å². The normalized spacial score (nSPS) is 17.2. The van der Waals surface area contributed by atoms with Gasteiger partial charge in [-0.2, -0.15) is 0 Å². The highest BCUT2D eigenvalue weighted by Crippen LogP contribution is 2.50. The summed E-state index contributed by atoms with van der Waals surface area (Å²) in [6.07, 6.45) is 2.89. The fourth-order valence-electron chi connectivity index (χ4n) is 5.59. The van der Waals surface area contributed by atoms with Crippen LogP contribution in [0.1, 0.15) is 60.4 Å². The average molecular weight is 580 g/mol. The van der Waals surface area contributed by atoms with Crippen molar-refractivity contribution in [2.75, 3.05) is 16.8 Å². The Morgan fingerprint density at radius 2 is 1.91 bits per heavy atom. The van der Waals surface area contributed by atoms with Gasteiger partial charge in [0.2, 0.25) is 0 Å². The molecule has 0 radical (unpaired) electrons. The van der Waals surface area contributed by atoms with E-state index in [9.17, 15) is 9.90 Å². The number of aromatic nitrogens is 1. The first kappa shape index (κ1) is 28.3. The zero-order chi connectivity index (χ0) is 30.1. The van der Waals surface area contributed by atoms with E-state index in [2.05, 4.69) is 24.1 Å². The third-order valence-corrected chi connectivity index (χ3v) is 7.82. The van der Waals surface area contributed by atoms with Gasteiger partial charge in [-0.15, -0.1) is 0 Å². The van der Waals surface area contributed by atoms with Crippen LogP contribution in [0.3, 0.4) is 0 Å². The number of pyridine rings is 1. The Labute approximate surface area is 250 Å². The summed E-state index contributed by atoms with van der Waals surface area (Å²) in [4.78, 5) is 20.3. The molecule has 0 spiro atoms. The third kappa shape index (κ3) is 5.65. The molecule has 3 heterocycles. The molecule has 0 saturated heterocycles. The zero-order valence-corrected chi connectivity index (χ0v) is 24.4. The zero-order valence-electron chi connectivity index (χ0n) is 24.4. The van der Waals surface area contributed by atoms with Crippen LogP contribution in [0.5, 0.6) is 11.5 Å². The topological polar surface area (TPSA) is 83.9 Å². The number of hydrogen-bond donors (Lipinski definition) is 2. The van der Waals surface area contributed by atoms with Crippen molar-refractivity contribution in [1.29, 1.82) is 0 Å². The molecule has 2 aliphatic rings. The van der Waals surface area contributed by atoms with E-state index >= 15 is 4.39 Å². The van der Waals surface area contributed by atoms with Gasteiger partial charge in [0.25, 0.3) is 5.91 Å². The van der Waals surface area contributed by atoms with Gasteiger partial charge in [0, 0.05) is 23.2 Å². The van der Waals surface area contributed by atoms with Crippen LogP contribution in [-0.4, -0.2) is 22.6 Å². The maximum Gasteiger partial charge on any atom is 0.277 e. The lowest BCUT2D eigenvalue weighted by Crippen LogP contribution is -2.39. The van der Waals surface area contributed by atoms with Crippen LogP contribution in [-0.2, 0) is 17.8 Å². The minimum atomic E-state index is -0.982. The Morgan fingerprint density at radius 1 is 1.09 bits per heavy atom. The smallest absolute Gasteiger partial charge is 0.277 e. The van der Waals surface area contributed by atoms with Crippen molar-refractivity contribution >= 4 is 17.3 Å². The largest absolute Gasteiger partial charge is 0.506 e. The summed E-state index contributed by atoms with van der Waals surface area (Å²) < 4.78 is 28.5. The molecule has 0 saturated carbocycles. The lowest BCUT2D eigenvalue weighted by atomic mass is 9.85. The second kappa shape index (κ2) is 11.4. The van der Waals surface area contributed by atoms with Crippen molar-refractivity contribution < 1.29 is 23.8 Å². The molecule has 4 aromatic rings. The molecule has 43 heavy (non-hydrogen) atoms. The van der Waals surface area contributed by atoms with Crippen molar-refractivity contribution in [3.8, 4) is 11.5 Å². The number of nitrogens with zero attached hydrogens (tertiary/aromatic N) is 2. The molecule has 3 aromatic carbocycles. The fraction of sp³-hybridized carbons (Fsp3) is 0.257. The number of fused-ring (bicyclic) bond motifs is 1. The Morgan fingerprint density at radius 3 is 2.67 bits per heavy atom. The predicted octanol–water partition coefficient (Wildman–Crippen LogP) is 7.54. The van der Waals surface area contributed by atoms with Crippen LogP contribution in [0.15, 0.2) is 96.5 Å². The molecule has 2 aliphatic heterocycles. The van der Waals surface area contributed by atoms with Crippen LogP contribution in [0.25, 0.3) is 0 Å². The summed E-state index contributed by atoms with van der Waals surface area (Å²) >= 11 is 0. The summed E-state index contributed by atoms with van der Waals surface area (Å²) in [5.74, 6) is -0.240. The van der Waals surface area contributed by atoms with Gasteiger partial charge >= 0.3 is 0 Å². The van der Waals surface area contributed by atoms with Crippen LogP contribution >= 0.6 is 0 Å². The van der Waals surface area contributed by atoms with Crippen LogP contribution in [0, 0.1) is 11.2 Å². The molecule has 0 aliphatic carbocycles. The number of amides is 1. The number of aryl methyl sites for hydroxylation is 1. The third-order valence-electron chi connectivity index (χ3n) is 7.82. The molecule has 220 valence electrons. The molecule has 8 heteroatoms. The number of halogens is 1. The molecule has 1 unspecified atom stereocenters. The minimum Gasteiger partial charge on any atom is -0.506 e. The van der Waals surface area contributed by atoms with Crippen molar-refractivity contribution in [2.45, 2.75) is 46.3 Å². The number of phenols is 1. The van der Waals surface area contributed by atoms with Crippen molar-refractivity contribution in [1.82, 2.24) is 4.98 Å². The molecule has 1 amide bonds. The first-order chi connectivity index (χ1) is 20.7. The Kier molecular flexibility index (Phi) is 7.52. The van der Waals surface area contributed by atoms with E-state index in [0.717, 1.165) is 17.5 Å². The highest BCUT2D eigenvalue weighted by molar-refractivity contribution is 6.08. The number of phenolic OH excluding ortho intramolecular Hbond substituents is 1. The first-order valence-corrected chi connectivity index (χ1v) is 14.4. The quantitative estimate of drug-likeness (QED) is 0.230. The number of allylic oxidation sites excluding steroid dienone is 1. The molecule has 7 nitrogen and oxygen atoms in total. The number of carbonyl (C=O) groups excluding carboxylic acids is 1. The number of carbonyl (C=O) groups is 1. The SMILES string of the molecule is CCc1ccnc(C(=O)N2c3cccc(O)c3NC3=C(OCC(C)(C)C3)C2c2ccc(OCc3ccccc3)cc2F)c1. The van der Waals surface area contributed by atoms with Gasteiger partial charge < -0.3 is 19.9 Å². The summed E-state index contributed by atoms with van der Waals surface area (Å²) in [5.41, 5.74) is 3.54. The summed E-state index contributed by atoms with van der Waals surface area (Å²) in [5, 5.41) is 14.3. The Hall–Kier alpha value is -4.85. The molecule has 6 rings (SSSR count). The van der Waals surface area contributed by atoms with E-state index in [1.54, 1.807) is 42.6 Å². The molecular formula is C35H34FN3O4. The van der Waals surface area contributed by atoms with Gasteiger partial charge in [-0.1, -0.05) is 57.2 Å².